The number of aromatic nitrogens is 2. The molecule has 2 aliphatic carbocycles. The monoisotopic (exact) mass is 277 g/mol. The van der Waals surface area contributed by atoms with Crippen LogP contribution in [0.3, 0.4) is 0 Å². The predicted octanol–water partition coefficient (Wildman–Crippen LogP) is 3.61. The fraction of sp³-hybridized carbons (Fsp3) is 0.875. The summed E-state index contributed by atoms with van der Waals surface area (Å²) >= 11 is 0. The first-order valence-corrected chi connectivity index (χ1v) is 8.27. The van der Waals surface area contributed by atoms with Crippen LogP contribution in [0.4, 0.5) is 0 Å². The highest BCUT2D eigenvalue weighted by Crippen LogP contribution is 2.36. The summed E-state index contributed by atoms with van der Waals surface area (Å²) in [7, 11) is 2.06. The summed E-state index contributed by atoms with van der Waals surface area (Å²) in [5.74, 6) is 3.77. The van der Waals surface area contributed by atoms with Gasteiger partial charge >= 0.3 is 0 Å². The van der Waals surface area contributed by atoms with Crippen molar-refractivity contribution in [1.82, 2.24) is 15.5 Å². The third-order valence-electron chi connectivity index (χ3n) is 5.32. The standard InChI is InChI=1S/C16H27N3O/c1-11-3-5-12(6-4-11)15-18-16(20-19-15)13-7-9-14(17-2)10-8-13/h11-14,17H,3-10H2,1-2H3. The summed E-state index contributed by atoms with van der Waals surface area (Å²) in [6.07, 6.45) is 9.87. The first kappa shape index (κ1) is 14.1. The van der Waals surface area contributed by atoms with E-state index in [2.05, 4.69) is 24.4 Å². The zero-order chi connectivity index (χ0) is 13.9. The molecule has 0 radical (unpaired) electrons. The van der Waals surface area contributed by atoms with Gasteiger partial charge in [0.05, 0.1) is 0 Å². The second kappa shape index (κ2) is 6.25. The maximum Gasteiger partial charge on any atom is 0.229 e. The van der Waals surface area contributed by atoms with Crippen LogP contribution in [0.2, 0.25) is 0 Å². The molecule has 0 aromatic carbocycles. The quantitative estimate of drug-likeness (QED) is 0.917. The minimum atomic E-state index is 0.489. The normalized spacial score (nSPS) is 35.1. The summed E-state index contributed by atoms with van der Waals surface area (Å²) in [6.45, 7) is 2.35. The van der Waals surface area contributed by atoms with Gasteiger partial charge in [0.1, 0.15) is 0 Å². The van der Waals surface area contributed by atoms with Crippen LogP contribution in [0.25, 0.3) is 0 Å². The third kappa shape index (κ3) is 3.05. The van der Waals surface area contributed by atoms with E-state index >= 15 is 0 Å². The maximum absolute atomic E-state index is 5.57. The molecule has 0 unspecified atom stereocenters. The smallest absolute Gasteiger partial charge is 0.229 e. The van der Waals surface area contributed by atoms with E-state index < -0.39 is 0 Å². The highest BCUT2D eigenvalue weighted by Gasteiger charge is 2.28. The van der Waals surface area contributed by atoms with E-state index in [1.165, 1.54) is 51.4 Å². The Morgan fingerprint density at radius 1 is 0.950 bits per heavy atom. The zero-order valence-electron chi connectivity index (χ0n) is 12.8. The molecule has 4 nitrogen and oxygen atoms in total. The van der Waals surface area contributed by atoms with Crippen molar-refractivity contribution in [2.24, 2.45) is 5.92 Å². The van der Waals surface area contributed by atoms with Crippen LogP contribution in [0, 0.1) is 5.92 Å². The molecule has 2 aliphatic rings. The Bertz CT molecular complexity index is 415. The Labute approximate surface area is 121 Å². The van der Waals surface area contributed by atoms with E-state index in [-0.39, 0.29) is 0 Å². The van der Waals surface area contributed by atoms with Crippen LogP contribution in [0.15, 0.2) is 4.52 Å². The Morgan fingerprint density at radius 3 is 2.25 bits per heavy atom. The maximum atomic E-state index is 5.57. The lowest BCUT2D eigenvalue weighted by molar-refractivity contribution is 0.284. The largest absolute Gasteiger partial charge is 0.339 e. The van der Waals surface area contributed by atoms with Crippen molar-refractivity contribution in [2.75, 3.05) is 7.05 Å². The molecule has 2 saturated carbocycles. The molecule has 1 N–H and O–H groups in total. The fourth-order valence-electron chi connectivity index (χ4n) is 3.73. The van der Waals surface area contributed by atoms with Gasteiger partial charge in [-0.15, -0.1) is 0 Å². The number of rotatable bonds is 3. The van der Waals surface area contributed by atoms with Gasteiger partial charge in [-0.1, -0.05) is 24.9 Å². The molecule has 3 rings (SSSR count). The molecule has 1 aromatic heterocycles. The van der Waals surface area contributed by atoms with Crippen molar-refractivity contribution in [3.8, 4) is 0 Å². The molecular weight excluding hydrogens is 250 g/mol. The van der Waals surface area contributed by atoms with Gasteiger partial charge in [-0.2, -0.15) is 4.98 Å². The van der Waals surface area contributed by atoms with Gasteiger partial charge in [0, 0.05) is 17.9 Å². The Morgan fingerprint density at radius 2 is 1.60 bits per heavy atom. The zero-order valence-corrected chi connectivity index (χ0v) is 12.8. The Kier molecular flexibility index (Phi) is 4.39. The van der Waals surface area contributed by atoms with Crippen LogP contribution in [-0.4, -0.2) is 23.2 Å². The first-order chi connectivity index (χ1) is 9.76. The van der Waals surface area contributed by atoms with Crippen LogP contribution in [0.1, 0.15) is 81.8 Å². The summed E-state index contributed by atoms with van der Waals surface area (Å²) in [5, 5.41) is 7.65. The van der Waals surface area contributed by atoms with Gasteiger partial charge in [-0.05, 0) is 51.5 Å². The average molecular weight is 277 g/mol. The van der Waals surface area contributed by atoms with Gasteiger partial charge in [-0.25, -0.2) is 0 Å². The molecule has 0 amide bonds. The van der Waals surface area contributed by atoms with Gasteiger partial charge in [0.2, 0.25) is 5.89 Å². The van der Waals surface area contributed by atoms with Crippen LogP contribution in [-0.2, 0) is 0 Å². The van der Waals surface area contributed by atoms with E-state index in [4.69, 9.17) is 9.51 Å². The molecular formula is C16H27N3O. The highest BCUT2D eigenvalue weighted by atomic mass is 16.5. The first-order valence-electron chi connectivity index (χ1n) is 8.27. The van der Waals surface area contributed by atoms with Gasteiger partial charge in [-0.3, -0.25) is 0 Å². The van der Waals surface area contributed by atoms with Gasteiger partial charge in [0.25, 0.3) is 0 Å². The van der Waals surface area contributed by atoms with Crippen LogP contribution >= 0.6 is 0 Å². The van der Waals surface area contributed by atoms with Crippen molar-refractivity contribution in [3.63, 3.8) is 0 Å². The molecule has 0 spiro atoms. The number of nitrogens with one attached hydrogen (secondary N) is 1. The highest BCUT2D eigenvalue weighted by molar-refractivity contribution is 5.02. The molecule has 1 aromatic rings. The molecule has 0 saturated heterocycles. The van der Waals surface area contributed by atoms with E-state index in [0.29, 0.717) is 17.9 Å². The Balaban J connectivity index is 1.59. The molecule has 0 bridgehead atoms. The molecule has 0 aliphatic heterocycles. The lowest BCUT2D eigenvalue weighted by Crippen LogP contribution is -2.29. The van der Waals surface area contributed by atoms with Gasteiger partial charge < -0.3 is 9.84 Å². The summed E-state index contributed by atoms with van der Waals surface area (Å²) < 4.78 is 5.57. The van der Waals surface area contributed by atoms with E-state index in [9.17, 15) is 0 Å². The van der Waals surface area contributed by atoms with Crippen molar-refractivity contribution in [1.29, 1.82) is 0 Å². The van der Waals surface area contributed by atoms with Crippen molar-refractivity contribution < 1.29 is 4.52 Å². The number of hydrogen-bond donors (Lipinski definition) is 1. The summed E-state index contributed by atoms with van der Waals surface area (Å²) in [4.78, 5) is 4.74. The SMILES string of the molecule is CNC1CCC(c2nc(C3CCC(C)CC3)no2)CC1. The molecule has 4 heteroatoms. The lowest BCUT2D eigenvalue weighted by Gasteiger charge is -2.26. The van der Waals surface area contributed by atoms with Crippen LogP contribution < -0.4 is 5.32 Å². The molecule has 112 valence electrons. The lowest BCUT2D eigenvalue weighted by atomic mass is 9.82. The second-order valence-electron chi connectivity index (χ2n) is 6.78. The molecule has 0 atom stereocenters. The average Bonchev–Trinajstić information content (AvgIpc) is 2.98. The van der Waals surface area contributed by atoms with Crippen molar-refractivity contribution >= 4 is 0 Å². The third-order valence-corrected chi connectivity index (χ3v) is 5.32. The van der Waals surface area contributed by atoms with E-state index in [0.717, 1.165) is 17.6 Å². The summed E-state index contributed by atoms with van der Waals surface area (Å²) in [5.41, 5.74) is 0. The van der Waals surface area contributed by atoms with Crippen molar-refractivity contribution in [2.45, 2.75) is 76.2 Å². The van der Waals surface area contributed by atoms with E-state index in [1.807, 2.05) is 0 Å². The predicted molar refractivity (Wildman–Crippen MR) is 78.7 cm³/mol. The number of nitrogens with zero attached hydrogens (tertiary/aromatic N) is 2. The van der Waals surface area contributed by atoms with Crippen LogP contribution in [0.5, 0.6) is 0 Å². The molecule has 20 heavy (non-hydrogen) atoms. The molecule has 1 heterocycles. The second-order valence-corrected chi connectivity index (χ2v) is 6.78. The Hall–Kier alpha value is -0.900. The van der Waals surface area contributed by atoms with Crippen molar-refractivity contribution in [3.05, 3.63) is 11.7 Å². The summed E-state index contributed by atoms with van der Waals surface area (Å²) in [6, 6.07) is 0.675. The van der Waals surface area contributed by atoms with E-state index in [1.54, 1.807) is 0 Å². The molecule has 2 fully saturated rings. The fourth-order valence-corrected chi connectivity index (χ4v) is 3.73. The number of hydrogen-bond acceptors (Lipinski definition) is 4. The minimum Gasteiger partial charge on any atom is -0.339 e. The van der Waals surface area contributed by atoms with Gasteiger partial charge in [0.15, 0.2) is 5.82 Å². The topological polar surface area (TPSA) is 51.0 Å². The minimum absolute atomic E-state index is 0.489.